The summed E-state index contributed by atoms with van der Waals surface area (Å²) < 4.78 is 17.6. The monoisotopic (exact) mass is 1660 g/mol. The fraction of sp³-hybridized carbons (Fsp3) is 0.341. The molecule has 5 aliphatic rings. The van der Waals surface area contributed by atoms with Gasteiger partial charge in [0.2, 0.25) is 0 Å². The Morgan fingerprint density at radius 1 is 0.419 bits per heavy atom. The first kappa shape index (κ1) is 79.3. The number of hydrogen-bond donors (Lipinski definition) is 8. The van der Waals surface area contributed by atoms with Crippen molar-refractivity contribution in [2.24, 2.45) is 31.8 Å². The highest BCUT2D eigenvalue weighted by molar-refractivity contribution is 5.87. The fourth-order valence-electron chi connectivity index (χ4n) is 17.1. The van der Waals surface area contributed by atoms with Crippen LogP contribution in [-0.2, 0) is 49.5 Å². The zero-order valence-corrected chi connectivity index (χ0v) is 67.6. The molecule has 2 aliphatic heterocycles. The van der Waals surface area contributed by atoms with Crippen LogP contribution in [0.25, 0.3) is 112 Å². The summed E-state index contributed by atoms with van der Waals surface area (Å²) in [5.74, 6) is 2.02. The van der Waals surface area contributed by atoms with Gasteiger partial charge in [-0.2, -0.15) is 92.8 Å². The molecule has 16 aromatic heterocycles. The topological polar surface area (TPSA) is 579 Å². The molecule has 21 rings (SSSR count). The minimum Gasteiger partial charge on any atom is -0.390 e. The minimum absolute atomic E-state index is 0.0687. The third-order valence-corrected chi connectivity index (χ3v) is 23.9. The molecule has 622 valence electrons. The zero-order valence-electron chi connectivity index (χ0n) is 67.6. The standard InChI is InChI=1S/C22H24N10O.C20H22N10O.2C20H18N10/c23-5-4-22(12-30(13-22)8-14-1-2-14)32-9-16(21(24)29-32)20-19-3-6-25-31(19)10-18(26-20)17-7-15(11-33)27-28-17;1-2-28-11-20(12-28,4-5-21)30-8-14(19(22)27-30)18-17-3-6-23-29(17)9-16(24-18)15-7-13(10-31)25-26-15;2*1-28-10-14(9-25-28)16-12-29-17(2-5-24-29)18(26-16)15-11-30(27-19(15)23)20(3-4-21)6-13(7-20)8-22/h3,6-7,9-10,14,33H,1-2,4,8,11-13H2,(H2,24,29)(H,27,28);3,6-9,31H,2,4,10-12H2,1H3,(H2,22,27)(H,25,26);2*2,5,9-13H,3,6-7H2,1H3,(H2,23,27). The molecule has 2 saturated heterocycles. The van der Waals surface area contributed by atoms with E-state index in [1.807, 2.05) is 97.3 Å². The number of nitrogen functional groups attached to an aromatic ring is 4. The van der Waals surface area contributed by atoms with Crippen LogP contribution >= 0.6 is 0 Å². The molecule has 12 N–H and O–H groups in total. The van der Waals surface area contributed by atoms with Gasteiger partial charge in [0.1, 0.15) is 56.6 Å². The first-order chi connectivity index (χ1) is 60.2. The molecule has 18 heterocycles. The van der Waals surface area contributed by atoms with Gasteiger partial charge in [-0.15, -0.1) is 0 Å². The fourth-order valence-corrected chi connectivity index (χ4v) is 17.1. The van der Waals surface area contributed by atoms with Gasteiger partial charge in [-0.25, -0.2) is 38.0 Å². The Bertz CT molecular complexity index is 6770. The lowest BCUT2D eigenvalue weighted by Crippen LogP contribution is -2.63. The number of aromatic nitrogens is 28. The predicted octanol–water partition coefficient (Wildman–Crippen LogP) is 6.63. The van der Waals surface area contributed by atoms with Gasteiger partial charge in [0.05, 0.1) is 227 Å². The maximum absolute atomic E-state index is 9.51. The summed E-state index contributed by atoms with van der Waals surface area (Å²) in [4.78, 5) is 24.0. The van der Waals surface area contributed by atoms with E-state index in [1.54, 1.807) is 98.5 Å². The molecule has 0 bridgehead atoms. The second-order valence-corrected chi connectivity index (χ2v) is 32.3. The minimum atomic E-state index is -0.501. The van der Waals surface area contributed by atoms with E-state index < -0.39 is 11.1 Å². The number of rotatable bonds is 21. The summed E-state index contributed by atoms with van der Waals surface area (Å²) in [5, 5.41) is 133. The average molecular weight is 1660 g/mol. The molecule has 3 saturated carbocycles. The highest BCUT2D eigenvalue weighted by Crippen LogP contribution is 2.50. The van der Waals surface area contributed by atoms with Gasteiger partial charge in [-0.1, -0.05) is 6.92 Å². The Kier molecular flexibility index (Phi) is 20.3. The molecule has 5 fully saturated rings. The highest BCUT2D eigenvalue weighted by Gasteiger charge is 2.51. The van der Waals surface area contributed by atoms with E-state index >= 15 is 0 Å². The first-order valence-electron chi connectivity index (χ1n) is 40.0. The van der Waals surface area contributed by atoms with E-state index in [2.05, 4.69) is 125 Å². The van der Waals surface area contributed by atoms with Crippen LogP contribution < -0.4 is 22.9 Å². The van der Waals surface area contributed by atoms with Crippen molar-refractivity contribution in [3.8, 4) is 127 Å². The summed E-state index contributed by atoms with van der Waals surface area (Å²) in [6.07, 6.45) is 35.0. The second-order valence-electron chi connectivity index (χ2n) is 32.3. The summed E-state index contributed by atoms with van der Waals surface area (Å²) >= 11 is 0. The van der Waals surface area contributed by atoms with Crippen molar-refractivity contribution >= 4 is 45.3 Å². The Labute approximate surface area is 705 Å². The lowest BCUT2D eigenvalue weighted by Gasteiger charge is -2.49. The van der Waals surface area contributed by atoms with E-state index in [4.69, 9.17) is 42.9 Å². The Hall–Kier alpha value is -15.9. The van der Waals surface area contributed by atoms with E-state index in [0.717, 1.165) is 78.4 Å². The van der Waals surface area contributed by atoms with Crippen LogP contribution in [-0.4, -0.2) is 197 Å². The highest BCUT2D eigenvalue weighted by atomic mass is 16.3. The number of nitrogens with zero attached hydrogens (tertiary/aromatic N) is 34. The number of likely N-dealkylation sites (N-methyl/N-ethyl adjacent to an activating group) is 1. The van der Waals surface area contributed by atoms with Crippen LogP contribution in [0.2, 0.25) is 0 Å². The van der Waals surface area contributed by atoms with Gasteiger partial charge >= 0.3 is 0 Å². The average Bonchev–Trinajstić information content (AvgIpc) is 1.58. The molecule has 0 unspecified atom stereocenters. The van der Waals surface area contributed by atoms with E-state index in [0.29, 0.717) is 152 Å². The van der Waals surface area contributed by atoms with Crippen molar-refractivity contribution in [2.75, 3.05) is 62.2 Å². The Morgan fingerprint density at radius 2 is 0.742 bits per heavy atom. The second kappa shape index (κ2) is 31.7. The van der Waals surface area contributed by atoms with E-state index in [9.17, 15) is 41.8 Å². The Morgan fingerprint density at radius 3 is 1.04 bits per heavy atom. The van der Waals surface area contributed by atoms with Gasteiger partial charge in [0, 0.05) is 95.1 Å². The number of hydrogen-bond acceptors (Lipinski definition) is 30. The maximum atomic E-state index is 9.51. The summed E-state index contributed by atoms with van der Waals surface area (Å²) in [6, 6.07) is 24.6. The molecule has 16 aromatic rings. The molecular formula is C82H82N40O2. The van der Waals surface area contributed by atoms with Gasteiger partial charge in [-0.3, -0.25) is 48.1 Å². The smallest absolute Gasteiger partial charge is 0.155 e. The van der Waals surface area contributed by atoms with Crippen LogP contribution in [0.5, 0.6) is 0 Å². The molecule has 0 atom stereocenters. The third-order valence-electron chi connectivity index (χ3n) is 23.9. The van der Waals surface area contributed by atoms with Crippen molar-refractivity contribution in [1.29, 1.82) is 31.6 Å². The lowest BCUT2D eigenvalue weighted by molar-refractivity contribution is 0.00238. The number of likely N-dealkylation sites (tertiary alicyclic amines) is 2. The van der Waals surface area contributed by atoms with Crippen LogP contribution in [0.1, 0.15) is 82.5 Å². The summed E-state index contributed by atoms with van der Waals surface area (Å²) in [5.41, 5.74) is 38.7. The van der Waals surface area contributed by atoms with E-state index in [1.165, 1.54) is 12.8 Å². The number of aromatic amines is 2. The molecule has 42 nitrogen and oxygen atoms in total. The first-order valence-corrected chi connectivity index (χ1v) is 40.0. The molecule has 0 amide bonds. The predicted molar refractivity (Wildman–Crippen MR) is 447 cm³/mol. The largest absolute Gasteiger partial charge is 0.390 e. The number of aryl methyl sites for hydroxylation is 2. The van der Waals surface area contributed by atoms with Crippen LogP contribution in [0, 0.1) is 85.7 Å². The number of anilines is 4. The summed E-state index contributed by atoms with van der Waals surface area (Å²) in [7, 11) is 3.70. The quantitative estimate of drug-likeness (QED) is 0.0374. The maximum Gasteiger partial charge on any atom is 0.155 e. The number of nitrogens with one attached hydrogen (secondary N) is 2. The van der Waals surface area contributed by atoms with Gasteiger partial charge in [0.25, 0.3) is 0 Å². The van der Waals surface area contributed by atoms with Gasteiger partial charge in [0.15, 0.2) is 23.3 Å². The number of H-pyrrole nitrogens is 2. The van der Waals surface area contributed by atoms with Crippen LogP contribution in [0.15, 0.2) is 136 Å². The van der Waals surface area contributed by atoms with Crippen LogP contribution in [0.4, 0.5) is 23.3 Å². The summed E-state index contributed by atoms with van der Waals surface area (Å²) in [6.45, 7) is 6.94. The molecule has 42 heteroatoms. The molecule has 0 radical (unpaired) electrons. The Balaban J connectivity index is 0.000000113. The number of nitrogens with two attached hydrogens (primary N) is 4. The SMILES string of the molecule is CCN1CC(CC#N)(n2cc(-c3nc(-c4cc(CO)[nH]n4)cn4nccc34)c(N)n2)C1.Cn1cc(-c2cn3nccc3c(-c3cn(C4(CC#N)CC(C#N)C4)nc3N)n2)cn1.Cn1cc(-c2cn3nccc3c(-c3cn(C4(CC#N)CC(C#N)C4)nc3N)n2)cn1.N#CCC1(n2cc(-c3nc(-c4cc(CO)[nH]n4)cn4nccc34)c(N)n2)CN(CC2CC2)C1. The third kappa shape index (κ3) is 14.4. The van der Waals surface area contributed by atoms with Crippen LogP contribution in [0.3, 0.4) is 0 Å². The molecule has 3 aliphatic carbocycles. The van der Waals surface area contributed by atoms with Gasteiger partial charge < -0.3 is 33.1 Å². The molecule has 0 spiro atoms. The van der Waals surface area contributed by atoms with Crippen molar-refractivity contribution in [2.45, 2.75) is 107 Å². The lowest BCUT2D eigenvalue weighted by atomic mass is 9.67. The van der Waals surface area contributed by atoms with Gasteiger partial charge in [-0.05, 0) is 87.4 Å². The van der Waals surface area contributed by atoms with Crippen molar-refractivity contribution in [1.82, 2.24) is 147 Å². The number of fused-ring (bicyclic) bond motifs is 4. The number of nitriles is 6. The molecule has 0 aromatic carbocycles. The number of aliphatic hydroxyl groups is 2. The van der Waals surface area contributed by atoms with Crippen molar-refractivity contribution in [3.05, 3.63) is 147 Å². The normalized spacial score (nSPS) is 18.6. The molecule has 124 heavy (non-hydrogen) atoms. The molecular weight excluding hydrogens is 1580 g/mol. The zero-order chi connectivity index (χ0) is 85.9. The number of aliphatic hydroxyl groups excluding tert-OH is 2. The van der Waals surface area contributed by atoms with Crippen molar-refractivity contribution < 1.29 is 10.2 Å². The van der Waals surface area contributed by atoms with Crippen molar-refractivity contribution in [3.63, 3.8) is 0 Å². The van der Waals surface area contributed by atoms with E-state index in [-0.39, 0.29) is 49.0 Å².